The van der Waals surface area contributed by atoms with Gasteiger partial charge in [0.05, 0.1) is 6.20 Å². The number of carbonyl (C=O) groups is 3. The number of amides is 3. The number of nitrogens with zero attached hydrogens (tertiary/aromatic N) is 2. The van der Waals surface area contributed by atoms with Gasteiger partial charge in [-0.25, -0.2) is 19.0 Å². The van der Waals surface area contributed by atoms with Crippen molar-refractivity contribution in [1.82, 2.24) is 14.9 Å². The lowest BCUT2D eigenvalue weighted by Gasteiger charge is -2.15. The number of hydrogen-bond donors (Lipinski definition) is 2. The van der Waals surface area contributed by atoms with E-state index < -0.39 is 29.8 Å². The Balaban J connectivity index is 1.68. The van der Waals surface area contributed by atoms with Crippen molar-refractivity contribution in [1.29, 1.82) is 0 Å². The average Bonchev–Trinajstić information content (AvgIpc) is 3.19. The van der Waals surface area contributed by atoms with Crippen LogP contribution in [0.3, 0.4) is 0 Å². The molecule has 1 unspecified atom stereocenters. The molecule has 0 bridgehead atoms. The second-order valence-corrected chi connectivity index (χ2v) is 7.07. The number of thioether (sulfide) groups is 1. The third-order valence-electron chi connectivity index (χ3n) is 4.13. The lowest BCUT2D eigenvalue weighted by Crippen LogP contribution is -2.41. The van der Waals surface area contributed by atoms with Gasteiger partial charge < -0.3 is 10.1 Å². The summed E-state index contributed by atoms with van der Waals surface area (Å²) in [5.74, 6) is -2.03. The van der Waals surface area contributed by atoms with Crippen LogP contribution in [-0.4, -0.2) is 39.8 Å². The van der Waals surface area contributed by atoms with Gasteiger partial charge in [0.15, 0.2) is 17.0 Å². The first-order chi connectivity index (χ1) is 14.9. The number of nitrogens with one attached hydrogen (secondary N) is 2. The zero-order valence-corrected chi connectivity index (χ0v) is 17.5. The van der Waals surface area contributed by atoms with E-state index in [2.05, 4.69) is 15.6 Å². The van der Waals surface area contributed by atoms with Crippen molar-refractivity contribution in [2.45, 2.75) is 18.2 Å². The van der Waals surface area contributed by atoms with E-state index in [4.69, 9.17) is 4.74 Å². The van der Waals surface area contributed by atoms with E-state index in [9.17, 15) is 18.8 Å². The Morgan fingerprint density at radius 1 is 1.10 bits per heavy atom. The van der Waals surface area contributed by atoms with E-state index in [0.717, 1.165) is 0 Å². The molecule has 0 saturated carbocycles. The Morgan fingerprint density at radius 2 is 1.77 bits per heavy atom. The highest BCUT2D eigenvalue weighted by atomic mass is 32.2. The number of para-hydroxylation sites is 1. The SMILES string of the molecule is CSc1ncc(C(=O)OC(C)C(=O)NC(=O)Nc2ccccc2)n1-c1ccc(F)cc1. The second-order valence-electron chi connectivity index (χ2n) is 6.30. The van der Waals surface area contributed by atoms with Gasteiger partial charge in [0.25, 0.3) is 5.91 Å². The molecule has 31 heavy (non-hydrogen) atoms. The lowest BCUT2D eigenvalue weighted by molar-refractivity contribution is -0.127. The molecule has 3 rings (SSSR count). The van der Waals surface area contributed by atoms with Gasteiger partial charge in [-0.15, -0.1) is 0 Å². The molecule has 0 saturated heterocycles. The van der Waals surface area contributed by atoms with Crippen LogP contribution in [0.15, 0.2) is 66.0 Å². The predicted molar refractivity (Wildman–Crippen MR) is 114 cm³/mol. The van der Waals surface area contributed by atoms with Crippen LogP contribution in [0.2, 0.25) is 0 Å². The summed E-state index contributed by atoms with van der Waals surface area (Å²) in [7, 11) is 0. The summed E-state index contributed by atoms with van der Waals surface area (Å²) >= 11 is 1.29. The van der Waals surface area contributed by atoms with Gasteiger partial charge in [-0.1, -0.05) is 30.0 Å². The number of anilines is 1. The first-order valence-electron chi connectivity index (χ1n) is 9.14. The molecule has 1 atom stereocenters. The number of imidazole rings is 1. The van der Waals surface area contributed by atoms with Crippen molar-refractivity contribution < 1.29 is 23.5 Å². The number of ether oxygens (including phenoxy) is 1. The van der Waals surface area contributed by atoms with Crippen molar-refractivity contribution in [2.24, 2.45) is 0 Å². The van der Waals surface area contributed by atoms with E-state index >= 15 is 0 Å². The summed E-state index contributed by atoms with van der Waals surface area (Å²) in [4.78, 5) is 41.1. The van der Waals surface area contributed by atoms with E-state index in [1.54, 1.807) is 36.6 Å². The van der Waals surface area contributed by atoms with Crippen molar-refractivity contribution >= 4 is 35.4 Å². The minimum Gasteiger partial charge on any atom is -0.448 e. The molecule has 160 valence electrons. The van der Waals surface area contributed by atoms with Crippen LogP contribution < -0.4 is 10.6 Å². The Labute approximate surface area is 181 Å². The standard InChI is InChI=1S/C21H19FN4O4S/c1-13(18(27)25-20(29)24-15-6-4-3-5-7-15)30-19(28)17-12-23-21(31-2)26(17)16-10-8-14(22)9-11-16/h3-13H,1-2H3,(H2,24,25,27,29). The number of esters is 1. The summed E-state index contributed by atoms with van der Waals surface area (Å²) in [5, 5.41) is 5.10. The van der Waals surface area contributed by atoms with Crippen LogP contribution in [0.5, 0.6) is 0 Å². The van der Waals surface area contributed by atoms with Gasteiger partial charge >= 0.3 is 12.0 Å². The Hall–Kier alpha value is -3.66. The van der Waals surface area contributed by atoms with Crippen LogP contribution >= 0.6 is 11.8 Å². The fourth-order valence-electron chi connectivity index (χ4n) is 2.63. The summed E-state index contributed by atoms with van der Waals surface area (Å²) in [6, 6.07) is 13.3. The maximum Gasteiger partial charge on any atom is 0.357 e. The topological polar surface area (TPSA) is 102 Å². The summed E-state index contributed by atoms with van der Waals surface area (Å²) < 4.78 is 20.0. The largest absolute Gasteiger partial charge is 0.448 e. The van der Waals surface area contributed by atoms with E-state index in [0.29, 0.717) is 16.5 Å². The number of halogens is 1. The molecule has 1 aromatic heterocycles. The van der Waals surface area contributed by atoms with Crippen molar-refractivity contribution in [3.63, 3.8) is 0 Å². The lowest BCUT2D eigenvalue weighted by atomic mass is 10.3. The average molecular weight is 442 g/mol. The molecule has 0 aliphatic carbocycles. The van der Waals surface area contributed by atoms with Gasteiger partial charge in [-0.2, -0.15) is 0 Å². The molecule has 0 spiro atoms. The summed E-state index contributed by atoms with van der Waals surface area (Å²) in [5.41, 5.74) is 1.07. The van der Waals surface area contributed by atoms with Crippen LogP contribution in [0.4, 0.5) is 14.9 Å². The first-order valence-corrected chi connectivity index (χ1v) is 10.4. The summed E-state index contributed by atoms with van der Waals surface area (Å²) in [6.45, 7) is 1.34. The molecule has 3 amide bonds. The zero-order chi connectivity index (χ0) is 22.4. The van der Waals surface area contributed by atoms with Crippen LogP contribution in [0.25, 0.3) is 5.69 Å². The van der Waals surface area contributed by atoms with Crippen LogP contribution in [0, 0.1) is 5.82 Å². The van der Waals surface area contributed by atoms with Crippen molar-refractivity contribution in [3.05, 3.63) is 72.3 Å². The van der Waals surface area contributed by atoms with E-state index in [-0.39, 0.29) is 5.69 Å². The number of aromatic nitrogens is 2. The molecule has 10 heteroatoms. The maximum atomic E-state index is 13.3. The van der Waals surface area contributed by atoms with Gasteiger partial charge in [-0.05, 0) is 49.6 Å². The van der Waals surface area contributed by atoms with E-state index in [1.807, 2.05) is 0 Å². The Bertz CT molecular complexity index is 1090. The van der Waals surface area contributed by atoms with E-state index in [1.165, 1.54) is 53.7 Å². The van der Waals surface area contributed by atoms with Gasteiger partial charge in [0, 0.05) is 11.4 Å². The van der Waals surface area contributed by atoms with Crippen molar-refractivity contribution in [2.75, 3.05) is 11.6 Å². The molecular weight excluding hydrogens is 423 g/mol. The van der Waals surface area contributed by atoms with Crippen LogP contribution in [-0.2, 0) is 9.53 Å². The number of carbonyl (C=O) groups excluding carboxylic acids is 3. The molecule has 8 nitrogen and oxygen atoms in total. The maximum absolute atomic E-state index is 13.3. The number of rotatable bonds is 6. The third-order valence-corrected chi connectivity index (χ3v) is 4.78. The Kier molecular flexibility index (Phi) is 7.03. The first kappa shape index (κ1) is 22.0. The van der Waals surface area contributed by atoms with Gasteiger partial charge in [-0.3, -0.25) is 14.7 Å². The number of benzene rings is 2. The van der Waals surface area contributed by atoms with Gasteiger partial charge in [0.2, 0.25) is 0 Å². The second kappa shape index (κ2) is 9.90. The van der Waals surface area contributed by atoms with Gasteiger partial charge in [0.1, 0.15) is 5.82 Å². The fraction of sp³-hybridized carbons (Fsp3) is 0.143. The fourth-order valence-corrected chi connectivity index (χ4v) is 3.18. The highest BCUT2D eigenvalue weighted by molar-refractivity contribution is 7.98. The van der Waals surface area contributed by atoms with Crippen molar-refractivity contribution in [3.8, 4) is 5.69 Å². The number of hydrogen-bond acceptors (Lipinski definition) is 6. The molecular formula is C21H19FN4O4S. The molecule has 0 fully saturated rings. The molecule has 0 radical (unpaired) electrons. The van der Waals surface area contributed by atoms with Crippen LogP contribution in [0.1, 0.15) is 17.4 Å². The number of urea groups is 1. The molecule has 3 aromatic rings. The summed E-state index contributed by atoms with van der Waals surface area (Å²) in [6.07, 6.45) is 1.84. The molecule has 2 N–H and O–H groups in total. The smallest absolute Gasteiger partial charge is 0.357 e. The zero-order valence-electron chi connectivity index (χ0n) is 16.7. The third kappa shape index (κ3) is 5.48. The number of imide groups is 1. The monoisotopic (exact) mass is 442 g/mol. The molecule has 1 heterocycles. The predicted octanol–water partition coefficient (Wildman–Crippen LogP) is 3.63. The molecule has 0 aliphatic heterocycles. The Morgan fingerprint density at radius 3 is 2.42 bits per heavy atom. The normalized spacial score (nSPS) is 11.5. The highest BCUT2D eigenvalue weighted by Gasteiger charge is 2.25. The molecule has 0 aliphatic rings. The molecule has 2 aromatic carbocycles. The minimum absolute atomic E-state index is 0.0596. The minimum atomic E-state index is -1.25. The quantitative estimate of drug-likeness (QED) is 0.447. The highest BCUT2D eigenvalue weighted by Crippen LogP contribution is 2.23.